The van der Waals surface area contributed by atoms with E-state index in [1.54, 1.807) is 22.9 Å². The van der Waals surface area contributed by atoms with E-state index in [4.69, 9.17) is 11.6 Å². The first-order valence-electron chi connectivity index (χ1n) is 11.2. The standard InChI is InChI=1S/C23H22ClF3N8O/c1-12(13-4-3-5-14(18(13)25)19(26)27)30-20-15-9-34(10-16(15)31-22(24)32-20)23(36)35-7-6-33(2)21-17(35)8-28-11-29-21/h3-5,8,11-12,19H,6-7,9-10H2,1-2H3,(H,30,31,32)/t12-/m1/s1. The highest BCUT2D eigenvalue weighted by Crippen LogP contribution is 2.35. The third-order valence-electron chi connectivity index (χ3n) is 6.35. The Balaban J connectivity index is 1.39. The maximum atomic E-state index is 14.7. The van der Waals surface area contributed by atoms with Gasteiger partial charge in [0.25, 0.3) is 6.43 Å². The highest BCUT2D eigenvalue weighted by Gasteiger charge is 2.35. The predicted octanol–water partition coefficient (Wildman–Crippen LogP) is 4.56. The fraction of sp³-hybridized carbons (Fsp3) is 0.348. The molecule has 0 radical (unpaired) electrons. The van der Waals surface area contributed by atoms with Crippen molar-refractivity contribution in [3.63, 3.8) is 0 Å². The molecule has 0 aliphatic carbocycles. The molecule has 0 fully saturated rings. The summed E-state index contributed by atoms with van der Waals surface area (Å²) in [5, 5.41) is 3.02. The number of anilines is 3. The Morgan fingerprint density at radius 1 is 1.17 bits per heavy atom. The summed E-state index contributed by atoms with van der Waals surface area (Å²) >= 11 is 6.14. The Bertz CT molecular complexity index is 1330. The topological polar surface area (TPSA) is 90.4 Å². The van der Waals surface area contributed by atoms with E-state index in [-0.39, 0.29) is 30.0 Å². The van der Waals surface area contributed by atoms with Crippen LogP contribution in [-0.4, -0.2) is 51.0 Å². The molecule has 13 heteroatoms. The van der Waals surface area contributed by atoms with Gasteiger partial charge in [-0.15, -0.1) is 0 Å². The number of hydrogen-bond donors (Lipinski definition) is 1. The molecule has 0 saturated heterocycles. The SMILES string of the molecule is C[C@@H](Nc1nc(Cl)nc2c1CN(C(=O)N1CCN(C)c3ncncc31)C2)c1cccc(C(F)F)c1F. The number of nitrogens with one attached hydrogen (secondary N) is 1. The maximum Gasteiger partial charge on any atom is 0.325 e. The molecule has 0 bridgehead atoms. The normalized spacial score (nSPS) is 15.7. The molecule has 0 saturated carbocycles. The molecular weight excluding hydrogens is 497 g/mol. The van der Waals surface area contributed by atoms with Gasteiger partial charge in [-0.3, -0.25) is 4.90 Å². The van der Waals surface area contributed by atoms with Crippen molar-refractivity contribution in [2.75, 3.05) is 35.3 Å². The number of rotatable bonds is 4. The van der Waals surface area contributed by atoms with Crippen molar-refractivity contribution in [3.05, 3.63) is 64.2 Å². The Hall–Kier alpha value is -3.67. The Kier molecular flexibility index (Phi) is 6.29. The number of halogens is 4. The fourth-order valence-corrected chi connectivity index (χ4v) is 4.67. The van der Waals surface area contributed by atoms with Gasteiger partial charge in [-0.1, -0.05) is 18.2 Å². The summed E-state index contributed by atoms with van der Waals surface area (Å²) in [6.07, 6.45) is 0.109. The van der Waals surface area contributed by atoms with Crippen molar-refractivity contribution in [2.45, 2.75) is 32.5 Å². The molecule has 0 spiro atoms. The van der Waals surface area contributed by atoms with Crippen LogP contribution < -0.4 is 15.1 Å². The van der Waals surface area contributed by atoms with Gasteiger partial charge in [-0.05, 0) is 18.5 Å². The van der Waals surface area contributed by atoms with E-state index >= 15 is 0 Å². The molecule has 0 unspecified atom stereocenters. The number of alkyl halides is 2. The predicted molar refractivity (Wildman–Crippen MR) is 128 cm³/mol. The number of hydrogen-bond acceptors (Lipinski definition) is 7. The van der Waals surface area contributed by atoms with Crippen LogP contribution in [0.3, 0.4) is 0 Å². The summed E-state index contributed by atoms with van der Waals surface area (Å²) in [5.41, 5.74) is 1.19. The second-order valence-electron chi connectivity index (χ2n) is 8.63. The molecule has 1 aromatic carbocycles. The average Bonchev–Trinajstić information content (AvgIpc) is 3.28. The summed E-state index contributed by atoms with van der Waals surface area (Å²) in [5.74, 6) is 0.00203. The van der Waals surface area contributed by atoms with Crippen molar-refractivity contribution in [1.29, 1.82) is 0 Å². The molecule has 4 heterocycles. The second-order valence-corrected chi connectivity index (χ2v) is 8.97. The lowest BCUT2D eigenvalue weighted by Gasteiger charge is -2.35. The molecule has 3 aromatic rings. The zero-order valence-electron chi connectivity index (χ0n) is 19.4. The number of carbonyl (C=O) groups excluding carboxylic acids is 1. The van der Waals surface area contributed by atoms with Gasteiger partial charge >= 0.3 is 6.03 Å². The third-order valence-corrected chi connectivity index (χ3v) is 6.52. The molecular formula is C23H22ClF3N8O. The van der Waals surface area contributed by atoms with Crippen LogP contribution in [0.2, 0.25) is 5.28 Å². The molecule has 5 rings (SSSR count). The van der Waals surface area contributed by atoms with Gasteiger partial charge in [-0.2, -0.15) is 0 Å². The van der Waals surface area contributed by atoms with E-state index in [0.717, 1.165) is 6.07 Å². The highest BCUT2D eigenvalue weighted by atomic mass is 35.5. The largest absolute Gasteiger partial charge is 0.363 e. The van der Waals surface area contributed by atoms with E-state index in [0.29, 0.717) is 41.7 Å². The van der Waals surface area contributed by atoms with Crippen LogP contribution in [0.5, 0.6) is 0 Å². The van der Waals surface area contributed by atoms with E-state index in [1.165, 1.54) is 18.5 Å². The van der Waals surface area contributed by atoms with Crippen LogP contribution >= 0.6 is 11.6 Å². The number of aromatic nitrogens is 4. The smallest absolute Gasteiger partial charge is 0.325 e. The summed E-state index contributed by atoms with van der Waals surface area (Å²) in [6, 6.07) is 2.92. The first-order chi connectivity index (χ1) is 17.2. The van der Waals surface area contributed by atoms with Crippen molar-refractivity contribution in [2.24, 2.45) is 0 Å². The molecule has 1 N–H and O–H groups in total. The molecule has 36 heavy (non-hydrogen) atoms. The summed E-state index contributed by atoms with van der Waals surface area (Å²) < 4.78 is 41.0. The molecule has 2 aliphatic heterocycles. The zero-order chi connectivity index (χ0) is 25.6. The van der Waals surface area contributed by atoms with E-state index in [9.17, 15) is 18.0 Å². The van der Waals surface area contributed by atoms with Crippen LogP contribution in [0, 0.1) is 5.82 Å². The molecule has 2 aliphatic rings. The van der Waals surface area contributed by atoms with E-state index < -0.39 is 23.8 Å². The number of carbonyl (C=O) groups is 1. The Morgan fingerprint density at radius 2 is 1.94 bits per heavy atom. The third kappa shape index (κ3) is 4.25. The minimum atomic E-state index is -2.93. The van der Waals surface area contributed by atoms with Crippen LogP contribution in [-0.2, 0) is 13.1 Å². The zero-order valence-corrected chi connectivity index (χ0v) is 20.2. The second kappa shape index (κ2) is 9.41. The fourth-order valence-electron chi connectivity index (χ4n) is 4.48. The van der Waals surface area contributed by atoms with Gasteiger partial charge in [0.05, 0.1) is 36.6 Å². The van der Waals surface area contributed by atoms with Crippen molar-refractivity contribution in [3.8, 4) is 0 Å². The number of fused-ring (bicyclic) bond motifs is 2. The first-order valence-corrected chi connectivity index (χ1v) is 11.6. The van der Waals surface area contributed by atoms with E-state index in [1.807, 2.05) is 11.9 Å². The molecule has 9 nitrogen and oxygen atoms in total. The van der Waals surface area contributed by atoms with Crippen molar-refractivity contribution >= 4 is 35.0 Å². The summed E-state index contributed by atoms with van der Waals surface area (Å²) in [7, 11) is 1.90. The lowest BCUT2D eigenvalue weighted by molar-refractivity contribution is 0.146. The summed E-state index contributed by atoms with van der Waals surface area (Å²) in [4.78, 5) is 35.5. The number of benzene rings is 1. The van der Waals surface area contributed by atoms with Crippen molar-refractivity contribution < 1.29 is 18.0 Å². The van der Waals surface area contributed by atoms with Crippen molar-refractivity contribution in [1.82, 2.24) is 24.8 Å². The maximum absolute atomic E-state index is 14.7. The number of urea groups is 1. The molecule has 2 aromatic heterocycles. The molecule has 188 valence electrons. The van der Waals surface area contributed by atoms with Gasteiger partial charge in [0, 0.05) is 31.3 Å². The van der Waals surface area contributed by atoms with Crippen LogP contribution in [0.15, 0.2) is 30.7 Å². The van der Waals surface area contributed by atoms with Gasteiger partial charge in [0.15, 0.2) is 5.82 Å². The number of nitrogens with zero attached hydrogens (tertiary/aromatic N) is 7. The minimum Gasteiger partial charge on any atom is -0.363 e. The Labute approximate surface area is 209 Å². The summed E-state index contributed by atoms with van der Waals surface area (Å²) in [6.45, 7) is 3.08. The molecule has 2 amide bonds. The number of amides is 2. The van der Waals surface area contributed by atoms with Gasteiger partial charge in [0.2, 0.25) is 5.28 Å². The quantitative estimate of drug-likeness (QED) is 0.506. The first kappa shape index (κ1) is 24.0. The van der Waals surface area contributed by atoms with Crippen LogP contribution in [0.25, 0.3) is 0 Å². The number of likely N-dealkylation sites (N-methyl/N-ethyl adjacent to an activating group) is 1. The minimum absolute atomic E-state index is 0.0436. The lowest BCUT2D eigenvalue weighted by atomic mass is 10.0. The van der Waals surface area contributed by atoms with E-state index in [2.05, 4.69) is 25.3 Å². The van der Waals surface area contributed by atoms with Crippen LogP contribution in [0.4, 0.5) is 35.3 Å². The highest BCUT2D eigenvalue weighted by molar-refractivity contribution is 6.28. The lowest BCUT2D eigenvalue weighted by Crippen LogP contribution is -2.48. The van der Waals surface area contributed by atoms with Gasteiger partial charge < -0.3 is 15.1 Å². The average molecular weight is 519 g/mol. The monoisotopic (exact) mass is 518 g/mol. The van der Waals surface area contributed by atoms with Gasteiger partial charge in [-0.25, -0.2) is 37.9 Å². The molecule has 1 atom stereocenters. The van der Waals surface area contributed by atoms with Crippen LogP contribution in [0.1, 0.15) is 41.8 Å². The Morgan fingerprint density at radius 3 is 2.72 bits per heavy atom. The van der Waals surface area contributed by atoms with Gasteiger partial charge in [0.1, 0.15) is 23.6 Å².